The SMILES string of the molecule is CCCNC1C[C@@H](C)O[C@@H](O[C@@H]2[C@@H](C)[C@H](O[C@H]3CC(C)(OC)[C@@H](O)C(C)O3)[C@@H](C)[C@@]3(O)O[C@H]([C@@H](C)C4OC2(C)C[C@@H]4C)[C@](C)(O)[C@@H](CC)O3)C1O. The molecule has 0 aromatic carbocycles. The molecule has 13 nitrogen and oxygen atoms in total. The van der Waals surface area contributed by atoms with E-state index in [4.69, 9.17) is 37.9 Å². The fourth-order valence-corrected chi connectivity index (χ4v) is 9.91. The van der Waals surface area contributed by atoms with Crippen molar-refractivity contribution >= 4 is 0 Å². The molecule has 4 bridgehead atoms. The normalized spacial score (nSPS) is 55.3. The molecule has 5 rings (SSSR count). The Morgan fingerprint density at radius 2 is 1.55 bits per heavy atom. The number of nitrogens with one attached hydrogen (secondary N) is 1. The molecule has 5 N–H and O–H groups in total. The van der Waals surface area contributed by atoms with Gasteiger partial charge in [-0.3, -0.25) is 0 Å². The van der Waals surface area contributed by atoms with Crippen molar-refractivity contribution in [1.82, 2.24) is 5.32 Å². The van der Waals surface area contributed by atoms with Gasteiger partial charge in [0.1, 0.15) is 17.8 Å². The van der Waals surface area contributed by atoms with Gasteiger partial charge in [0.15, 0.2) is 12.6 Å². The van der Waals surface area contributed by atoms with Crippen LogP contribution in [0.15, 0.2) is 0 Å². The zero-order valence-corrected chi connectivity index (χ0v) is 33.0. The van der Waals surface area contributed by atoms with Crippen molar-refractivity contribution in [2.75, 3.05) is 13.7 Å². The Bertz CT molecular complexity index is 1160. The van der Waals surface area contributed by atoms with Gasteiger partial charge in [0.05, 0.1) is 59.8 Å². The van der Waals surface area contributed by atoms with Crippen LogP contribution in [0.5, 0.6) is 0 Å². The molecule has 5 saturated heterocycles. The molecule has 13 heteroatoms. The molecule has 298 valence electrons. The van der Waals surface area contributed by atoms with E-state index in [-0.39, 0.29) is 36.5 Å². The first kappa shape index (κ1) is 41.6. The zero-order chi connectivity index (χ0) is 37.8. The summed E-state index contributed by atoms with van der Waals surface area (Å²) in [5.74, 6) is -3.89. The summed E-state index contributed by atoms with van der Waals surface area (Å²) in [4.78, 5) is 0. The molecule has 0 aliphatic carbocycles. The molecule has 0 aromatic heterocycles. The molecule has 6 unspecified atom stereocenters. The quantitative estimate of drug-likeness (QED) is 0.235. The average molecular weight is 732 g/mol. The van der Waals surface area contributed by atoms with Crippen LogP contribution < -0.4 is 5.32 Å². The Morgan fingerprint density at radius 3 is 2.18 bits per heavy atom. The Kier molecular flexibility index (Phi) is 12.7. The molecular formula is C38H69NO12. The summed E-state index contributed by atoms with van der Waals surface area (Å²) < 4.78 is 52.3. The molecule has 0 aromatic rings. The first-order valence-electron chi connectivity index (χ1n) is 19.5. The van der Waals surface area contributed by atoms with Crippen molar-refractivity contribution in [2.24, 2.45) is 23.7 Å². The second kappa shape index (κ2) is 15.5. The minimum absolute atomic E-state index is 0.0245. The predicted molar refractivity (Wildman–Crippen MR) is 187 cm³/mol. The summed E-state index contributed by atoms with van der Waals surface area (Å²) in [6.07, 6.45) is -5.17. The Hall–Kier alpha value is -0.520. The second-order valence-electron chi connectivity index (χ2n) is 17.2. The van der Waals surface area contributed by atoms with Crippen molar-refractivity contribution in [3.8, 4) is 0 Å². The summed E-state index contributed by atoms with van der Waals surface area (Å²) in [7, 11) is 1.56. The van der Waals surface area contributed by atoms with Gasteiger partial charge in [-0.05, 0) is 72.8 Å². The van der Waals surface area contributed by atoms with E-state index in [0.717, 1.165) is 13.0 Å². The van der Waals surface area contributed by atoms with Crippen LogP contribution in [0.4, 0.5) is 0 Å². The summed E-state index contributed by atoms with van der Waals surface area (Å²) >= 11 is 0. The monoisotopic (exact) mass is 731 g/mol. The smallest absolute Gasteiger partial charge is 0.286 e. The lowest BCUT2D eigenvalue weighted by Gasteiger charge is -2.55. The molecule has 5 fully saturated rings. The van der Waals surface area contributed by atoms with Gasteiger partial charge in [0.2, 0.25) is 0 Å². The number of aliphatic hydroxyl groups is 4. The fourth-order valence-electron chi connectivity index (χ4n) is 9.91. The highest BCUT2D eigenvalue weighted by Crippen LogP contribution is 2.52. The maximum absolute atomic E-state index is 12.5. The molecular weight excluding hydrogens is 662 g/mol. The van der Waals surface area contributed by atoms with Crippen LogP contribution >= 0.6 is 0 Å². The van der Waals surface area contributed by atoms with Gasteiger partial charge in [-0.15, -0.1) is 0 Å². The largest absolute Gasteiger partial charge is 0.387 e. The van der Waals surface area contributed by atoms with Crippen LogP contribution in [0.3, 0.4) is 0 Å². The summed E-state index contributed by atoms with van der Waals surface area (Å²) in [5, 5.41) is 50.6. The first-order valence-corrected chi connectivity index (χ1v) is 19.5. The molecule has 51 heavy (non-hydrogen) atoms. The molecule has 5 heterocycles. The summed E-state index contributed by atoms with van der Waals surface area (Å²) in [5.41, 5.74) is -3.30. The van der Waals surface area contributed by atoms with Gasteiger partial charge >= 0.3 is 0 Å². The second-order valence-corrected chi connectivity index (χ2v) is 17.2. The van der Waals surface area contributed by atoms with Gasteiger partial charge in [0, 0.05) is 31.4 Å². The zero-order valence-electron chi connectivity index (χ0n) is 33.0. The van der Waals surface area contributed by atoms with Crippen LogP contribution in [0, 0.1) is 23.7 Å². The van der Waals surface area contributed by atoms with Crippen molar-refractivity contribution < 1.29 is 58.3 Å². The standard InChI is InChI=1S/C38H69NO12/c1-13-15-39-25-16-20(4)45-34(28(25)40)48-32-22(6)30(47-27-18-35(9,44-12)31(41)24(8)46-27)23(7)38(43)49-26(14-2)37(11,42)33(51-38)21(5)29-19(3)17-36(32,10)50-29/h19-34,39-43H,13-18H2,1-12H3/t19-,20+,21-,22-,23+,24?,25?,26+,27-,28?,29?,30-,31-,32+,33+,34-,35?,36?,37+,38-/m0/s1. The van der Waals surface area contributed by atoms with Crippen molar-refractivity contribution in [1.29, 1.82) is 0 Å². The maximum atomic E-state index is 12.5. The van der Waals surface area contributed by atoms with Crippen LogP contribution in [0.2, 0.25) is 0 Å². The van der Waals surface area contributed by atoms with E-state index in [9.17, 15) is 20.4 Å². The number of methoxy groups -OCH3 is 1. The van der Waals surface area contributed by atoms with Gasteiger partial charge in [-0.1, -0.05) is 41.5 Å². The van der Waals surface area contributed by atoms with E-state index < -0.39 is 89.9 Å². The maximum Gasteiger partial charge on any atom is 0.286 e. The van der Waals surface area contributed by atoms with Crippen LogP contribution in [-0.2, 0) is 37.9 Å². The van der Waals surface area contributed by atoms with Crippen molar-refractivity contribution in [3.63, 3.8) is 0 Å². The van der Waals surface area contributed by atoms with E-state index in [1.807, 2.05) is 48.5 Å². The minimum Gasteiger partial charge on any atom is -0.387 e. The number of aliphatic hydroxyl groups excluding tert-OH is 2. The van der Waals surface area contributed by atoms with Gasteiger partial charge in [-0.2, -0.15) is 0 Å². The van der Waals surface area contributed by atoms with Crippen LogP contribution in [0.1, 0.15) is 108 Å². The third kappa shape index (κ3) is 7.81. The van der Waals surface area contributed by atoms with E-state index in [2.05, 4.69) is 19.2 Å². The molecule has 20 atom stereocenters. The third-order valence-electron chi connectivity index (χ3n) is 12.9. The molecule has 5 aliphatic heterocycles. The number of hydrogen-bond acceptors (Lipinski definition) is 13. The van der Waals surface area contributed by atoms with Crippen molar-refractivity contribution in [2.45, 2.75) is 205 Å². The van der Waals surface area contributed by atoms with Crippen LogP contribution in [0.25, 0.3) is 0 Å². The summed E-state index contributed by atoms with van der Waals surface area (Å²) in [6, 6.07) is -0.225. The van der Waals surface area contributed by atoms with Crippen molar-refractivity contribution in [3.05, 3.63) is 0 Å². The average Bonchev–Trinajstić information content (AvgIpc) is 3.39. The lowest BCUT2D eigenvalue weighted by atomic mass is 9.74. The highest BCUT2D eigenvalue weighted by atomic mass is 16.8. The first-order chi connectivity index (χ1) is 23.7. The Balaban J connectivity index is 1.61. The number of rotatable bonds is 9. The van der Waals surface area contributed by atoms with Gasteiger partial charge in [0.25, 0.3) is 5.97 Å². The summed E-state index contributed by atoms with van der Waals surface area (Å²) in [6.45, 7) is 22.0. The lowest BCUT2D eigenvalue weighted by Crippen LogP contribution is -2.69. The molecule has 5 aliphatic rings. The number of hydrogen-bond donors (Lipinski definition) is 5. The number of ether oxygens (including phenoxy) is 8. The highest BCUT2D eigenvalue weighted by molar-refractivity contribution is 5.07. The molecule has 0 radical (unpaired) electrons. The van der Waals surface area contributed by atoms with E-state index in [1.165, 1.54) is 0 Å². The Morgan fingerprint density at radius 1 is 0.863 bits per heavy atom. The Labute approximate surface area is 305 Å². The molecule has 0 amide bonds. The van der Waals surface area contributed by atoms with Gasteiger partial charge < -0.3 is 63.6 Å². The minimum atomic E-state index is -2.17. The van der Waals surface area contributed by atoms with Crippen LogP contribution in [-0.4, -0.2) is 130 Å². The number of fused-ring (bicyclic) bond motifs is 4. The van der Waals surface area contributed by atoms with E-state index >= 15 is 0 Å². The highest BCUT2D eigenvalue weighted by Gasteiger charge is 2.64. The topological polar surface area (TPSA) is 167 Å². The molecule has 0 spiro atoms. The lowest BCUT2D eigenvalue weighted by molar-refractivity contribution is -0.481. The van der Waals surface area contributed by atoms with Gasteiger partial charge in [-0.25, -0.2) is 0 Å². The van der Waals surface area contributed by atoms with E-state index in [0.29, 0.717) is 19.3 Å². The molecule has 0 saturated carbocycles. The predicted octanol–water partition coefficient (Wildman–Crippen LogP) is 3.22. The van der Waals surface area contributed by atoms with E-state index in [1.54, 1.807) is 21.0 Å². The fraction of sp³-hybridized carbons (Fsp3) is 1.00. The third-order valence-corrected chi connectivity index (χ3v) is 12.9.